The number of carbonyl (C=O) groups excluding carboxylic acids is 1. The molecule has 0 aliphatic carbocycles. The summed E-state index contributed by atoms with van der Waals surface area (Å²) in [5.41, 5.74) is 0.535. The van der Waals surface area contributed by atoms with Crippen molar-refractivity contribution in [3.8, 4) is 0 Å². The SMILES string of the molecule is Cl.O=C(O)CCN1CCC(NC(=O)c2ccoc2)CC1. The molecule has 0 atom stereocenters. The summed E-state index contributed by atoms with van der Waals surface area (Å²) in [5.74, 6) is -0.881. The quantitative estimate of drug-likeness (QED) is 0.858. The number of carbonyl (C=O) groups is 2. The lowest BCUT2D eigenvalue weighted by Crippen LogP contribution is -2.45. The van der Waals surface area contributed by atoms with Gasteiger partial charge in [-0.2, -0.15) is 0 Å². The van der Waals surface area contributed by atoms with Crippen LogP contribution in [0.4, 0.5) is 0 Å². The van der Waals surface area contributed by atoms with Crippen LogP contribution in [0.3, 0.4) is 0 Å². The topological polar surface area (TPSA) is 82.8 Å². The summed E-state index contributed by atoms with van der Waals surface area (Å²) in [6.45, 7) is 2.23. The molecule has 0 spiro atoms. The number of hydrogen-bond acceptors (Lipinski definition) is 4. The van der Waals surface area contributed by atoms with Gasteiger partial charge in [-0.15, -0.1) is 12.4 Å². The molecule has 0 unspecified atom stereocenters. The van der Waals surface area contributed by atoms with E-state index >= 15 is 0 Å². The van der Waals surface area contributed by atoms with Crippen LogP contribution in [-0.2, 0) is 4.79 Å². The number of rotatable bonds is 5. The molecule has 0 saturated carbocycles. The first-order chi connectivity index (χ1) is 9.15. The highest BCUT2D eigenvalue weighted by atomic mass is 35.5. The van der Waals surface area contributed by atoms with Gasteiger partial charge in [-0.3, -0.25) is 9.59 Å². The largest absolute Gasteiger partial charge is 0.481 e. The van der Waals surface area contributed by atoms with Crippen molar-refractivity contribution >= 4 is 24.3 Å². The third-order valence-electron chi connectivity index (χ3n) is 3.35. The van der Waals surface area contributed by atoms with E-state index in [9.17, 15) is 9.59 Å². The molecule has 1 amide bonds. The Labute approximate surface area is 123 Å². The minimum Gasteiger partial charge on any atom is -0.481 e. The zero-order valence-corrected chi connectivity index (χ0v) is 11.9. The molecule has 2 heterocycles. The van der Waals surface area contributed by atoms with Crippen molar-refractivity contribution in [2.75, 3.05) is 19.6 Å². The zero-order valence-electron chi connectivity index (χ0n) is 11.1. The minimum atomic E-state index is -0.768. The first-order valence-electron chi connectivity index (χ1n) is 6.42. The van der Waals surface area contributed by atoms with Crippen LogP contribution in [0, 0.1) is 0 Å². The molecular weight excluding hydrogens is 284 g/mol. The number of furan rings is 1. The van der Waals surface area contributed by atoms with Crippen molar-refractivity contribution in [2.45, 2.75) is 25.3 Å². The molecule has 7 heteroatoms. The van der Waals surface area contributed by atoms with Crippen LogP contribution in [0.15, 0.2) is 23.0 Å². The highest BCUT2D eigenvalue weighted by Gasteiger charge is 2.21. The average molecular weight is 303 g/mol. The Bertz CT molecular complexity index is 428. The van der Waals surface area contributed by atoms with Gasteiger partial charge in [0.05, 0.1) is 18.2 Å². The summed E-state index contributed by atoms with van der Waals surface area (Å²) in [5, 5.41) is 11.6. The van der Waals surface area contributed by atoms with Gasteiger partial charge in [0.1, 0.15) is 6.26 Å². The van der Waals surface area contributed by atoms with Gasteiger partial charge in [0.2, 0.25) is 0 Å². The second-order valence-electron chi connectivity index (χ2n) is 4.75. The van der Waals surface area contributed by atoms with Crippen LogP contribution in [0.2, 0.25) is 0 Å². The van der Waals surface area contributed by atoms with Crippen molar-refractivity contribution in [1.29, 1.82) is 0 Å². The Hall–Kier alpha value is -1.53. The number of amides is 1. The molecule has 0 radical (unpaired) electrons. The van der Waals surface area contributed by atoms with E-state index in [1.807, 2.05) is 0 Å². The van der Waals surface area contributed by atoms with E-state index in [2.05, 4.69) is 10.2 Å². The molecule has 0 aromatic carbocycles. The van der Waals surface area contributed by atoms with E-state index in [0.29, 0.717) is 12.1 Å². The number of nitrogens with one attached hydrogen (secondary N) is 1. The minimum absolute atomic E-state index is 0. The predicted octanol–water partition coefficient (Wildman–Crippen LogP) is 1.37. The maximum atomic E-state index is 11.8. The second kappa shape index (κ2) is 7.91. The summed E-state index contributed by atoms with van der Waals surface area (Å²) in [4.78, 5) is 24.4. The lowest BCUT2D eigenvalue weighted by Gasteiger charge is -2.31. The predicted molar refractivity (Wildman–Crippen MR) is 75.1 cm³/mol. The standard InChI is InChI=1S/C13H18N2O4.ClH/c16-12(17)3-7-15-5-1-11(2-6-15)14-13(18)10-4-8-19-9-10;/h4,8-9,11H,1-3,5-7H2,(H,14,18)(H,16,17);1H. The fraction of sp³-hybridized carbons (Fsp3) is 0.538. The molecule has 1 aromatic heterocycles. The average Bonchev–Trinajstić information content (AvgIpc) is 2.92. The number of aliphatic carboxylic acids is 1. The van der Waals surface area contributed by atoms with Gasteiger partial charge in [-0.25, -0.2) is 0 Å². The maximum Gasteiger partial charge on any atom is 0.304 e. The Morgan fingerprint density at radius 1 is 1.40 bits per heavy atom. The van der Waals surface area contributed by atoms with Gasteiger partial charge in [-0.05, 0) is 18.9 Å². The van der Waals surface area contributed by atoms with E-state index in [-0.39, 0.29) is 30.8 Å². The van der Waals surface area contributed by atoms with Crippen LogP contribution in [0.1, 0.15) is 29.6 Å². The Kier molecular flexibility index (Phi) is 6.54. The molecule has 1 saturated heterocycles. The summed E-state index contributed by atoms with van der Waals surface area (Å²) in [6, 6.07) is 1.79. The first-order valence-corrected chi connectivity index (χ1v) is 6.42. The molecule has 1 aliphatic rings. The van der Waals surface area contributed by atoms with Crippen LogP contribution in [0.25, 0.3) is 0 Å². The molecule has 2 N–H and O–H groups in total. The Morgan fingerprint density at radius 3 is 2.65 bits per heavy atom. The number of carboxylic acids is 1. The van der Waals surface area contributed by atoms with E-state index in [4.69, 9.17) is 9.52 Å². The highest BCUT2D eigenvalue weighted by Crippen LogP contribution is 2.11. The van der Waals surface area contributed by atoms with Gasteiger partial charge >= 0.3 is 5.97 Å². The van der Waals surface area contributed by atoms with Crippen molar-refractivity contribution in [1.82, 2.24) is 10.2 Å². The van der Waals surface area contributed by atoms with Crippen LogP contribution in [-0.4, -0.2) is 47.6 Å². The zero-order chi connectivity index (χ0) is 13.7. The molecule has 20 heavy (non-hydrogen) atoms. The fourth-order valence-electron chi connectivity index (χ4n) is 2.22. The van der Waals surface area contributed by atoms with E-state index in [1.54, 1.807) is 6.07 Å². The fourth-order valence-corrected chi connectivity index (χ4v) is 2.22. The van der Waals surface area contributed by atoms with E-state index in [0.717, 1.165) is 25.9 Å². The number of nitrogens with zero attached hydrogens (tertiary/aromatic N) is 1. The third-order valence-corrected chi connectivity index (χ3v) is 3.35. The molecule has 0 bridgehead atoms. The summed E-state index contributed by atoms with van der Waals surface area (Å²) in [7, 11) is 0. The maximum absolute atomic E-state index is 11.8. The lowest BCUT2D eigenvalue weighted by atomic mass is 10.0. The van der Waals surface area contributed by atoms with Crippen LogP contribution >= 0.6 is 12.4 Å². The molecule has 1 aromatic rings. The van der Waals surface area contributed by atoms with Crippen molar-refractivity contribution in [3.05, 3.63) is 24.2 Å². The van der Waals surface area contributed by atoms with Gasteiger partial charge in [0.15, 0.2) is 0 Å². The van der Waals surface area contributed by atoms with Crippen LogP contribution < -0.4 is 5.32 Å². The number of halogens is 1. The second-order valence-corrected chi connectivity index (χ2v) is 4.75. The van der Waals surface area contributed by atoms with Gasteiger partial charge in [0.25, 0.3) is 5.91 Å². The number of carboxylic acid groups (broad SMARTS) is 1. The van der Waals surface area contributed by atoms with E-state index in [1.165, 1.54) is 12.5 Å². The summed E-state index contributed by atoms with van der Waals surface area (Å²) < 4.78 is 4.87. The molecular formula is C13H19ClN2O4. The molecule has 2 rings (SSSR count). The lowest BCUT2D eigenvalue weighted by molar-refractivity contribution is -0.137. The Balaban J connectivity index is 0.00000200. The van der Waals surface area contributed by atoms with Gasteiger partial charge in [-0.1, -0.05) is 0 Å². The third kappa shape index (κ3) is 4.86. The smallest absolute Gasteiger partial charge is 0.304 e. The first kappa shape index (κ1) is 16.5. The Morgan fingerprint density at radius 2 is 2.10 bits per heavy atom. The molecule has 6 nitrogen and oxygen atoms in total. The van der Waals surface area contributed by atoms with Gasteiger partial charge < -0.3 is 19.7 Å². The molecule has 112 valence electrons. The number of hydrogen-bond donors (Lipinski definition) is 2. The molecule has 1 fully saturated rings. The highest BCUT2D eigenvalue weighted by molar-refractivity contribution is 5.93. The summed E-state index contributed by atoms with van der Waals surface area (Å²) in [6.07, 6.45) is 4.78. The number of likely N-dealkylation sites (tertiary alicyclic amines) is 1. The number of piperidine rings is 1. The van der Waals surface area contributed by atoms with Crippen molar-refractivity contribution < 1.29 is 19.1 Å². The van der Waals surface area contributed by atoms with Crippen LogP contribution in [0.5, 0.6) is 0 Å². The van der Waals surface area contributed by atoms with E-state index < -0.39 is 5.97 Å². The molecule has 1 aliphatic heterocycles. The van der Waals surface area contributed by atoms with Crippen molar-refractivity contribution in [3.63, 3.8) is 0 Å². The monoisotopic (exact) mass is 302 g/mol. The normalized spacial score (nSPS) is 16.4. The summed E-state index contributed by atoms with van der Waals surface area (Å²) >= 11 is 0. The van der Waals surface area contributed by atoms with Gasteiger partial charge in [0, 0.05) is 25.7 Å². The van der Waals surface area contributed by atoms with Crippen molar-refractivity contribution in [2.24, 2.45) is 0 Å².